The Labute approximate surface area is 175 Å². The number of piperidine rings is 1. The van der Waals surface area contributed by atoms with E-state index < -0.39 is 0 Å². The van der Waals surface area contributed by atoms with Gasteiger partial charge >= 0.3 is 0 Å². The predicted molar refractivity (Wildman–Crippen MR) is 114 cm³/mol. The molecular weight excluding hydrogens is 389 g/mol. The molecule has 154 valence electrons. The van der Waals surface area contributed by atoms with Crippen LogP contribution in [0.2, 0.25) is 0 Å². The molecule has 0 atom stereocenters. The molecule has 1 aliphatic rings. The zero-order chi connectivity index (χ0) is 20.6. The smallest absolute Gasteiger partial charge is 0.250 e. The van der Waals surface area contributed by atoms with E-state index in [1.807, 2.05) is 13.0 Å². The molecule has 0 saturated carbocycles. The Kier molecular flexibility index (Phi) is 7.66. The number of amides is 1. The fourth-order valence-electron chi connectivity index (χ4n) is 3.40. The molecule has 1 saturated heterocycles. The summed E-state index contributed by atoms with van der Waals surface area (Å²) in [6.45, 7) is 4.87. The zero-order valence-electron chi connectivity index (χ0n) is 16.6. The van der Waals surface area contributed by atoms with E-state index in [1.165, 1.54) is 30.2 Å². The number of nitrogens with one attached hydrogen (secondary N) is 2. The van der Waals surface area contributed by atoms with E-state index in [-0.39, 0.29) is 17.5 Å². The Morgan fingerprint density at radius 2 is 1.97 bits per heavy atom. The van der Waals surface area contributed by atoms with Gasteiger partial charge in [-0.1, -0.05) is 12.1 Å². The van der Waals surface area contributed by atoms with Crippen molar-refractivity contribution in [1.82, 2.24) is 5.43 Å². The van der Waals surface area contributed by atoms with Crippen molar-refractivity contribution in [3.63, 3.8) is 0 Å². The Balaban J connectivity index is 1.58. The number of hydrogen-bond acceptors (Lipinski definition) is 4. The van der Waals surface area contributed by atoms with Gasteiger partial charge < -0.3 is 10.0 Å². The van der Waals surface area contributed by atoms with Crippen LogP contribution in [0.3, 0.4) is 0 Å². The predicted octanol–water partition coefficient (Wildman–Crippen LogP) is 2.73. The molecule has 5 nitrogen and oxygen atoms in total. The maximum Gasteiger partial charge on any atom is 0.250 e. The number of thioether (sulfide) groups is 1. The van der Waals surface area contributed by atoms with Gasteiger partial charge in [0.2, 0.25) is 5.91 Å². The van der Waals surface area contributed by atoms with Crippen LogP contribution in [0.5, 0.6) is 5.75 Å². The first kappa shape index (κ1) is 21.3. The lowest BCUT2D eigenvalue weighted by Crippen LogP contribution is -3.11. The summed E-state index contributed by atoms with van der Waals surface area (Å²) in [5.74, 6) is -0.256. The van der Waals surface area contributed by atoms with Crippen molar-refractivity contribution >= 4 is 23.4 Å². The lowest BCUT2D eigenvalue weighted by molar-refractivity contribution is -0.918. The molecule has 0 unspecified atom stereocenters. The van der Waals surface area contributed by atoms with Crippen LogP contribution in [-0.2, 0) is 11.3 Å². The van der Waals surface area contributed by atoms with E-state index in [1.54, 1.807) is 30.3 Å². The maximum absolute atomic E-state index is 13.6. The second-order valence-corrected chi connectivity index (χ2v) is 8.30. The number of carbonyl (C=O) groups is 1. The number of nitrogens with zero attached hydrogens (tertiary/aromatic N) is 1. The SMILES string of the molecule is C/C(=N\NC(=O)CSc1ccccc1F)c1ccc(O)c(C[NH+]2CCCCC2)c1. The van der Waals surface area contributed by atoms with Crippen molar-refractivity contribution in [3.8, 4) is 5.75 Å². The molecule has 1 fully saturated rings. The number of likely N-dealkylation sites (tertiary alicyclic amines) is 1. The van der Waals surface area contributed by atoms with Gasteiger partial charge in [-0.25, -0.2) is 9.82 Å². The van der Waals surface area contributed by atoms with E-state index in [9.17, 15) is 14.3 Å². The number of phenolic OH excluding ortho intramolecular Hbond substituents is 1. The Morgan fingerprint density at radius 3 is 2.72 bits per heavy atom. The van der Waals surface area contributed by atoms with Gasteiger partial charge in [0.25, 0.3) is 0 Å². The summed E-state index contributed by atoms with van der Waals surface area (Å²) >= 11 is 1.13. The third-order valence-corrected chi connectivity index (χ3v) is 6.09. The number of aromatic hydroxyl groups is 1. The van der Waals surface area contributed by atoms with E-state index in [2.05, 4.69) is 10.5 Å². The molecule has 1 heterocycles. The molecule has 0 bridgehead atoms. The normalized spacial score (nSPS) is 15.3. The number of quaternary nitrogens is 1. The highest BCUT2D eigenvalue weighted by Gasteiger charge is 2.16. The average molecular weight is 417 g/mol. The van der Waals surface area contributed by atoms with Crippen LogP contribution in [0, 0.1) is 5.82 Å². The lowest BCUT2D eigenvalue weighted by atomic mass is 10.0. The Bertz CT molecular complexity index is 882. The number of hydrogen-bond donors (Lipinski definition) is 3. The third kappa shape index (κ3) is 6.30. The van der Waals surface area contributed by atoms with Gasteiger partial charge in [-0.05, 0) is 62.1 Å². The molecular formula is C22H27FN3O2S+. The molecule has 1 amide bonds. The van der Waals surface area contributed by atoms with Gasteiger partial charge in [-0.15, -0.1) is 11.8 Å². The van der Waals surface area contributed by atoms with Gasteiger partial charge in [0.1, 0.15) is 18.1 Å². The molecule has 2 aromatic carbocycles. The second-order valence-electron chi connectivity index (χ2n) is 7.28. The first-order chi connectivity index (χ1) is 14.0. The first-order valence-corrected chi connectivity index (χ1v) is 10.9. The largest absolute Gasteiger partial charge is 0.507 e. The third-order valence-electron chi connectivity index (χ3n) is 5.04. The van der Waals surface area contributed by atoms with Crippen LogP contribution in [0.25, 0.3) is 0 Å². The van der Waals surface area contributed by atoms with Crippen molar-refractivity contribution in [1.29, 1.82) is 0 Å². The number of halogens is 1. The van der Waals surface area contributed by atoms with E-state index in [4.69, 9.17) is 0 Å². The van der Waals surface area contributed by atoms with Gasteiger partial charge in [0, 0.05) is 10.5 Å². The van der Waals surface area contributed by atoms with Crippen LogP contribution in [0.15, 0.2) is 52.5 Å². The number of rotatable bonds is 7. The van der Waals surface area contributed by atoms with Crippen molar-refractivity contribution in [2.75, 3.05) is 18.8 Å². The van der Waals surface area contributed by atoms with Crippen LogP contribution >= 0.6 is 11.8 Å². The van der Waals surface area contributed by atoms with Crippen molar-refractivity contribution in [2.24, 2.45) is 5.10 Å². The molecule has 3 rings (SSSR count). The standard InChI is InChI=1S/C22H26FN3O2S/c1-16(24-25-22(28)15-29-21-8-4-3-7-19(21)23)17-9-10-20(27)18(13-17)14-26-11-5-2-6-12-26/h3-4,7-10,13,27H,2,5-6,11-12,14-15H2,1H3,(H,25,28)/p+1/b24-16+. The van der Waals surface area contributed by atoms with Gasteiger partial charge in [-0.3, -0.25) is 4.79 Å². The number of carbonyl (C=O) groups excluding carboxylic acids is 1. The van der Waals surface area contributed by atoms with Crippen LogP contribution in [0.4, 0.5) is 4.39 Å². The minimum atomic E-state index is -0.336. The minimum absolute atomic E-state index is 0.0802. The summed E-state index contributed by atoms with van der Waals surface area (Å²) in [7, 11) is 0. The summed E-state index contributed by atoms with van der Waals surface area (Å²) in [6.07, 6.45) is 3.75. The summed E-state index contributed by atoms with van der Waals surface area (Å²) in [4.78, 5) is 14.0. The molecule has 7 heteroatoms. The lowest BCUT2D eigenvalue weighted by Gasteiger charge is -2.24. The van der Waals surface area contributed by atoms with Crippen molar-refractivity contribution in [2.45, 2.75) is 37.6 Å². The molecule has 0 radical (unpaired) electrons. The van der Waals surface area contributed by atoms with E-state index in [0.717, 1.165) is 42.5 Å². The molecule has 1 aliphatic heterocycles. The monoisotopic (exact) mass is 416 g/mol. The summed E-state index contributed by atoms with van der Waals surface area (Å²) in [5.41, 5.74) is 4.94. The number of phenols is 1. The highest BCUT2D eigenvalue weighted by molar-refractivity contribution is 8.00. The topological polar surface area (TPSA) is 66.1 Å². The zero-order valence-corrected chi connectivity index (χ0v) is 17.4. The summed E-state index contributed by atoms with van der Waals surface area (Å²) < 4.78 is 13.6. The molecule has 3 N–H and O–H groups in total. The number of benzene rings is 2. The fourth-order valence-corrected chi connectivity index (χ4v) is 4.13. The number of hydrazone groups is 1. The van der Waals surface area contributed by atoms with Crippen molar-refractivity contribution < 1.29 is 19.2 Å². The van der Waals surface area contributed by atoms with Gasteiger partial charge in [0.15, 0.2) is 0 Å². The van der Waals surface area contributed by atoms with Crippen LogP contribution in [0.1, 0.15) is 37.3 Å². The van der Waals surface area contributed by atoms with Gasteiger partial charge in [0.05, 0.1) is 24.6 Å². The maximum atomic E-state index is 13.6. The quantitative estimate of drug-likeness (QED) is 0.369. The summed E-state index contributed by atoms with van der Waals surface area (Å²) in [5, 5.41) is 14.4. The molecule has 29 heavy (non-hydrogen) atoms. The molecule has 2 aromatic rings. The summed E-state index contributed by atoms with van der Waals surface area (Å²) in [6, 6.07) is 11.8. The molecule has 0 spiro atoms. The fraction of sp³-hybridized carbons (Fsp3) is 0.364. The minimum Gasteiger partial charge on any atom is -0.507 e. The highest BCUT2D eigenvalue weighted by atomic mass is 32.2. The van der Waals surface area contributed by atoms with Crippen LogP contribution < -0.4 is 10.3 Å². The Morgan fingerprint density at radius 1 is 1.21 bits per heavy atom. The van der Waals surface area contributed by atoms with Crippen LogP contribution in [-0.4, -0.2) is 35.6 Å². The van der Waals surface area contributed by atoms with E-state index >= 15 is 0 Å². The van der Waals surface area contributed by atoms with Gasteiger partial charge in [-0.2, -0.15) is 5.10 Å². The average Bonchev–Trinajstić information content (AvgIpc) is 2.73. The van der Waals surface area contributed by atoms with Crippen molar-refractivity contribution in [3.05, 3.63) is 59.4 Å². The van der Waals surface area contributed by atoms with E-state index in [0.29, 0.717) is 16.4 Å². The second kappa shape index (κ2) is 10.4. The Hall–Kier alpha value is -2.38. The first-order valence-electron chi connectivity index (χ1n) is 9.89. The molecule has 0 aliphatic carbocycles. The highest BCUT2D eigenvalue weighted by Crippen LogP contribution is 2.21. The molecule has 0 aromatic heterocycles.